The van der Waals surface area contributed by atoms with E-state index < -0.39 is 16.1 Å². The fourth-order valence-electron chi connectivity index (χ4n) is 4.21. The van der Waals surface area contributed by atoms with Crippen LogP contribution in [0.3, 0.4) is 0 Å². The van der Waals surface area contributed by atoms with Crippen LogP contribution in [0.5, 0.6) is 5.75 Å². The molecule has 3 N–H and O–H groups in total. The minimum atomic E-state index is -3.88. The minimum absolute atomic E-state index is 0.0335. The lowest BCUT2D eigenvalue weighted by Gasteiger charge is -2.33. The number of H-pyrrole nitrogens is 1. The maximum Gasteiger partial charge on any atom is 0.314 e. The average Bonchev–Trinajstić information content (AvgIpc) is 3.15. The van der Waals surface area contributed by atoms with Crippen molar-refractivity contribution >= 4 is 27.1 Å². The van der Waals surface area contributed by atoms with Crippen LogP contribution in [0.15, 0.2) is 27.9 Å². The first kappa shape index (κ1) is 24.7. The lowest BCUT2D eigenvalue weighted by atomic mass is 10.1. The normalized spacial score (nSPS) is 15.0. The monoisotopic (exact) mass is 503 g/mol. The van der Waals surface area contributed by atoms with Crippen molar-refractivity contribution in [3.05, 3.63) is 34.2 Å². The van der Waals surface area contributed by atoms with Gasteiger partial charge in [0, 0.05) is 33.2 Å². The predicted octanol–water partition coefficient (Wildman–Crippen LogP) is 1.06. The molecule has 3 aromatic rings. The number of aryl methyl sites for hydroxylation is 2. The molecule has 0 radical (unpaired) electrons. The van der Waals surface area contributed by atoms with Crippen molar-refractivity contribution in [3.8, 4) is 17.1 Å². The van der Waals surface area contributed by atoms with Crippen molar-refractivity contribution in [3.63, 3.8) is 0 Å². The second-order valence-electron chi connectivity index (χ2n) is 8.25. The molecule has 4 rings (SSSR count). The highest BCUT2D eigenvalue weighted by atomic mass is 32.2. The smallest absolute Gasteiger partial charge is 0.314 e. The highest BCUT2D eigenvalue weighted by molar-refractivity contribution is 7.89. The minimum Gasteiger partial charge on any atom is -0.493 e. The van der Waals surface area contributed by atoms with Gasteiger partial charge in [-0.05, 0) is 31.5 Å². The lowest BCUT2D eigenvalue weighted by Crippen LogP contribution is -2.51. The van der Waals surface area contributed by atoms with Gasteiger partial charge in [0.1, 0.15) is 17.1 Å². The summed E-state index contributed by atoms with van der Waals surface area (Å²) in [5, 5.41) is 4.43. The standard InChI is InChI=1S/C22H29N7O5S/c1-4-6-16-18-19(27(3)26-16)21(30)25-20(24-18)15-13-14(7-8-17(15)34-5-2)35(32,33)29-11-9-28(10-12-29)22(23)31/h7-8,13H,4-6,9-12H2,1-3H3,(H2,23,31)(H,24,25,30). The molecule has 13 heteroatoms. The van der Waals surface area contributed by atoms with E-state index in [9.17, 15) is 18.0 Å². The van der Waals surface area contributed by atoms with Crippen LogP contribution < -0.4 is 16.0 Å². The van der Waals surface area contributed by atoms with Crippen molar-refractivity contribution in [1.29, 1.82) is 0 Å². The van der Waals surface area contributed by atoms with Gasteiger partial charge >= 0.3 is 6.03 Å². The molecule has 0 saturated carbocycles. The number of primary amides is 1. The number of ether oxygens (including phenoxy) is 1. The third kappa shape index (κ3) is 4.60. The van der Waals surface area contributed by atoms with Gasteiger partial charge in [0.15, 0.2) is 5.52 Å². The zero-order chi connectivity index (χ0) is 25.3. The maximum atomic E-state index is 13.4. The molecule has 1 aliphatic heterocycles. The number of aromatic nitrogens is 4. The number of hydrogen-bond donors (Lipinski definition) is 2. The van der Waals surface area contributed by atoms with Crippen LogP contribution in [0.4, 0.5) is 4.79 Å². The van der Waals surface area contributed by atoms with Gasteiger partial charge in [0.25, 0.3) is 5.56 Å². The molecule has 0 bridgehead atoms. The summed E-state index contributed by atoms with van der Waals surface area (Å²) in [6.07, 6.45) is 1.48. The number of urea groups is 1. The molecule has 3 heterocycles. The molecule has 2 amide bonds. The number of nitrogens with zero attached hydrogens (tertiary/aromatic N) is 5. The van der Waals surface area contributed by atoms with E-state index in [1.807, 2.05) is 13.8 Å². The summed E-state index contributed by atoms with van der Waals surface area (Å²) in [7, 11) is -2.19. The van der Waals surface area contributed by atoms with Crippen LogP contribution in [0, 0.1) is 0 Å². The first-order valence-corrected chi connectivity index (χ1v) is 12.9. The van der Waals surface area contributed by atoms with Crippen molar-refractivity contribution < 1.29 is 17.9 Å². The van der Waals surface area contributed by atoms with Gasteiger partial charge in [0.05, 0.1) is 22.8 Å². The van der Waals surface area contributed by atoms with E-state index in [-0.39, 0.29) is 42.5 Å². The summed E-state index contributed by atoms with van der Waals surface area (Å²) >= 11 is 0. The van der Waals surface area contributed by atoms with Crippen molar-refractivity contribution in [1.82, 2.24) is 29.0 Å². The molecule has 0 aliphatic carbocycles. The number of hydrogen-bond acceptors (Lipinski definition) is 7. The molecule has 0 unspecified atom stereocenters. The first-order valence-electron chi connectivity index (χ1n) is 11.4. The Morgan fingerprint density at radius 1 is 1.20 bits per heavy atom. The summed E-state index contributed by atoms with van der Waals surface area (Å²) in [5.74, 6) is 0.598. The number of amides is 2. The van der Waals surface area contributed by atoms with Gasteiger partial charge in [-0.2, -0.15) is 9.40 Å². The second-order valence-corrected chi connectivity index (χ2v) is 10.2. The van der Waals surface area contributed by atoms with Crippen molar-refractivity contribution in [2.24, 2.45) is 12.8 Å². The Kier molecular flexibility index (Phi) is 6.81. The first-order chi connectivity index (χ1) is 16.7. The van der Waals surface area contributed by atoms with Crippen molar-refractivity contribution in [2.75, 3.05) is 32.8 Å². The zero-order valence-electron chi connectivity index (χ0n) is 19.9. The third-order valence-corrected chi connectivity index (χ3v) is 7.84. The molecule has 1 saturated heterocycles. The third-order valence-electron chi connectivity index (χ3n) is 5.94. The number of fused-ring (bicyclic) bond motifs is 1. The molecule has 1 fully saturated rings. The van der Waals surface area contributed by atoms with Crippen LogP contribution in [-0.4, -0.2) is 76.2 Å². The Balaban J connectivity index is 1.80. The average molecular weight is 504 g/mol. The fraction of sp³-hybridized carbons (Fsp3) is 0.455. The highest BCUT2D eigenvalue weighted by Crippen LogP contribution is 2.32. The quantitative estimate of drug-likeness (QED) is 0.488. The molecule has 0 spiro atoms. The van der Waals surface area contributed by atoms with E-state index >= 15 is 0 Å². The van der Waals surface area contributed by atoms with Crippen LogP contribution in [0.25, 0.3) is 22.4 Å². The molecule has 0 atom stereocenters. The van der Waals surface area contributed by atoms with Gasteiger partial charge in [-0.1, -0.05) is 13.3 Å². The molecule has 12 nitrogen and oxygen atoms in total. The van der Waals surface area contributed by atoms with E-state index in [0.717, 1.165) is 6.42 Å². The number of piperazine rings is 1. The zero-order valence-corrected chi connectivity index (χ0v) is 20.8. The second kappa shape index (κ2) is 9.66. The number of carbonyl (C=O) groups is 1. The topological polar surface area (TPSA) is 157 Å². The van der Waals surface area contributed by atoms with Gasteiger partial charge in [0.2, 0.25) is 10.0 Å². The largest absolute Gasteiger partial charge is 0.493 e. The molecule has 1 aromatic carbocycles. The summed E-state index contributed by atoms with van der Waals surface area (Å²) in [4.78, 5) is 33.2. The van der Waals surface area contributed by atoms with Crippen LogP contribution in [-0.2, 0) is 23.5 Å². The number of rotatable bonds is 7. The molecule has 35 heavy (non-hydrogen) atoms. The molecular weight excluding hydrogens is 474 g/mol. The van der Waals surface area contributed by atoms with E-state index in [2.05, 4.69) is 15.1 Å². The Hall–Kier alpha value is -3.45. The summed E-state index contributed by atoms with van der Waals surface area (Å²) in [6.45, 7) is 4.85. The maximum absolute atomic E-state index is 13.4. The summed E-state index contributed by atoms with van der Waals surface area (Å²) in [6, 6.07) is 3.91. The Morgan fingerprint density at radius 2 is 1.91 bits per heavy atom. The molecule has 1 aliphatic rings. The van der Waals surface area contributed by atoms with E-state index in [0.29, 0.717) is 41.1 Å². The van der Waals surface area contributed by atoms with Crippen LogP contribution >= 0.6 is 0 Å². The predicted molar refractivity (Wildman–Crippen MR) is 130 cm³/mol. The van der Waals surface area contributed by atoms with E-state index in [1.54, 1.807) is 13.1 Å². The fourth-order valence-corrected chi connectivity index (χ4v) is 5.66. The van der Waals surface area contributed by atoms with Crippen molar-refractivity contribution in [2.45, 2.75) is 31.6 Å². The number of sulfonamides is 1. The molecular formula is C22H29N7O5S. The number of aromatic amines is 1. The van der Waals surface area contributed by atoms with E-state index in [1.165, 1.54) is 26.0 Å². The Morgan fingerprint density at radius 3 is 2.54 bits per heavy atom. The number of carbonyl (C=O) groups excluding carboxylic acids is 1. The number of benzene rings is 1. The summed E-state index contributed by atoms with van der Waals surface area (Å²) < 4.78 is 35.3. The number of nitrogens with one attached hydrogen (secondary N) is 1. The summed E-state index contributed by atoms with van der Waals surface area (Å²) in [5.41, 5.74) is 6.82. The Labute approximate surface area is 202 Å². The Bertz CT molecular complexity index is 1420. The molecule has 2 aromatic heterocycles. The van der Waals surface area contributed by atoms with Crippen LogP contribution in [0.2, 0.25) is 0 Å². The van der Waals surface area contributed by atoms with Crippen LogP contribution in [0.1, 0.15) is 26.0 Å². The lowest BCUT2D eigenvalue weighted by molar-refractivity contribution is 0.181. The number of nitrogens with two attached hydrogens (primary N) is 1. The van der Waals surface area contributed by atoms with Gasteiger partial charge in [-0.3, -0.25) is 9.48 Å². The van der Waals surface area contributed by atoms with Gasteiger partial charge in [-0.15, -0.1) is 0 Å². The highest BCUT2D eigenvalue weighted by Gasteiger charge is 2.30. The van der Waals surface area contributed by atoms with E-state index in [4.69, 9.17) is 10.5 Å². The SMILES string of the molecule is CCCc1nn(C)c2c(=O)[nH]c(-c3cc(S(=O)(=O)N4CCN(C(N)=O)CC4)ccc3OCC)nc12. The van der Waals surface area contributed by atoms with Gasteiger partial charge in [-0.25, -0.2) is 18.2 Å². The molecule has 188 valence electrons. The van der Waals surface area contributed by atoms with Gasteiger partial charge < -0.3 is 20.4 Å².